The number of rotatable bonds is 5. The van der Waals surface area contributed by atoms with Crippen LogP contribution in [-0.2, 0) is 11.3 Å². The van der Waals surface area contributed by atoms with Crippen LogP contribution < -0.4 is 10.2 Å². The number of aliphatic carboxylic acids is 1. The molecule has 2 N–H and O–H groups in total. The van der Waals surface area contributed by atoms with Gasteiger partial charge in [0, 0.05) is 24.5 Å². The fourth-order valence-electron chi connectivity index (χ4n) is 4.71. The molecular formula is C21H31N3O2S2. The summed E-state index contributed by atoms with van der Waals surface area (Å²) >= 11 is 3.54. The van der Waals surface area contributed by atoms with E-state index >= 15 is 0 Å². The van der Waals surface area contributed by atoms with Gasteiger partial charge in [-0.25, -0.2) is 4.98 Å². The maximum absolute atomic E-state index is 12.3. The molecule has 2 aliphatic heterocycles. The zero-order valence-electron chi connectivity index (χ0n) is 17.1. The summed E-state index contributed by atoms with van der Waals surface area (Å²) in [7, 11) is 1.94. The Kier molecular flexibility index (Phi) is 5.78. The standard InChI is InChI=1S/C21H31N3O2S2/c1-21(2)8-7-15-13(11-21)16(19(25)26)18(27-15)17-14(12-22-3)23-20(28-17)24-9-5-4-6-10-24/h16,18,22H,4-12H2,1-3H3,(H,25,26). The van der Waals surface area contributed by atoms with E-state index < -0.39 is 11.9 Å². The first kappa shape index (κ1) is 20.2. The summed E-state index contributed by atoms with van der Waals surface area (Å²) in [6, 6.07) is 0. The van der Waals surface area contributed by atoms with Crippen LogP contribution in [0.5, 0.6) is 0 Å². The highest BCUT2D eigenvalue weighted by Crippen LogP contribution is 2.60. The van der Waals surface area contributed by atoms with E-state index in [4.69, 9.17) is 4.98 Å². The largest absolute Gasteiger partial charge is 0.481 e. The summed E-state index contributed by atoms with van der Waals surface area (Å²) in [5.74, 6) is -1.09. The second-order valence-electron chi connectivity index (χ2n) is 9.03. The Balaban J connectivity index is 1.67. The first-order chi connectivity index (χ1) is 13.4. The van der Waals surface area contributed by atoms with Crippen LogP contribution in [0.4, 0.5) is 5.13 Å². The number of anilines is 1. The number of carboxylic acids is 1. The maximum atomic E-state index is 12.3. The lowest BCUT2D eigenvalue weighted by Crippen LogP contribution is -2.29. The smallest absolute Gasteiger partial charge is 0.312 e. The van der Waals surface area contributed by atoms with Gasteiger partial charge < -0.3 is 15.3 Å². The summed E-state index contributed by atoms with van der Waals surface area (Å²) in [6.45, 7) is 7.35. The fraction of sp³-hybridized carbons (Fsp3) is 0.714. The number of hydrogen-bond acceptors (Lipinski definition) is 6. The molecule has 0 saturated carbocycles. The molecule has 0 aromatic carbocycles. The minimum Gasteiger partial charge on any atom is -0.481 e. The van der Waals surface area contributed by atoms with Crippen LogP contribution in [0.15, 0.2) is 10.5 Å². The molecule has 1 aromatic heterocycles. The van der Waals surface area contributed by atoms with Gasteiger partial charge in [-0.05, 0) is 61.5 Å². The monoisotopic (exact) mass is 421 g/mol. The van der Waals surface area contributed by atoms with Gasteiger partial charge in [-0.1, -0.05) is 13.8 Å². The van der Waals surface area contributed by atoms with Crippen LogP contribution in [-0.4, -0.2) is 36.2 Å². The first-order valence-corrected chi connectivity index (χ1v) is 12.1. The van der Waals surface area contributed by atoms with E-state index in [-0.39, 0.29) is 10.7 Å². The van der Waals surface area contributed by atoms with Crippen LogP contribution in [0.25, 0.3) is 0 Å². The van der Waals surface area contributed by atoms with Crippen LogP contribution in [0, 0.1) is 11.3 Å². The molecule has 1 saturated heterocycles. The lowest BCUT2D eigenvalue weighted by atomic mass is 9.73. The molecule has 5 nitrogen and oxygen atoms in total. The zero-order valence-corrected chi connectivity index (χ0v) is 18.7. The van der Waals surface area contributed by atoms with Gasteiger partial charge in [0.15, 0.2) is 5.13 Å². The number of piperidine rings is 1. The van der Waals surface area contributed by atoms with E-state index in [9.17, 15) is 9.90 Å². The number of nitrogens with zero attached hydrogens (tertiary/aromatic N) is 2. The topological polar surface area (TPSA) is 65.5 Å². The van der Waals surface area contributed by atoms with Crippen molar-refractivity contribution in [3.05, 3.63) is 21.0 Å². The second kappa shape index (κ2) is 8.00. The van der Waals surface area contributed by atoms with Crippen molar-refractivity contribution in [2.45, 2.75) is 64.2 Å². The van der Waals surface area contributed by atoms with Crippen LogP contribution in [0.1, 0.15) is 68.2 Å². The number of nitrogens with one attached hydrogen (secondary N) is 1. The Morgan fingerprint density at radius 3 is 2.75 bits per heavy atom. The molecule has 3 heterocycles. The highest BCUT2D eigenvalue weighted by Gasteiger charge is 2.46. The molecule has 0 bridgehead atoms. The molecule has 0 radical (unpaired) electrons. The number of thioether (sulfide) groups is 1. The SMILES string of the molecule is CNCc1nc(N2CCCCC2)sc1C1SC2=C(CC(C)(C)CC2)C1C(=O)O. The second-order valence-corrected chi connectivity index (χ2v) is 11.3. The quantitative estimate of drug-likeness (QED) is 0.711. The summed E-state index contributed by atoms with van der Waals surface area (Å²) in [6.07, 6.45) is 6.80. The summed E-state index contributed by atoms with van der Waals surface area (Å²) in [5.41, 5.74) is 2.42. The minimum atomic E-state index is -0.677. The van der Waals surface area contributed by atoms with Gasteiger partial charge in [-0.3, -0.25) is 4.79 Å². The lowest BCUT2D eigenvalue weighted by molar-refractivity contribution is -0.140. The Morgan fingerprint density at radius 1 is 1.32 bits per heavy atom. The summed E-state index contributed by atoms with van der Waals surface area (Å²) in [4.78, 5) is 22.2. The van der Waals surface area contributed by atoms with E-state index in [2.05, 4.69) is 24.1 Å². The molecular weight excluding hydrogens is 390 g/mol. The predicted octanol–water partition coefficient (Wildman–Crippen LogP) is 4.81. The number of carboxylic acid groups (broad SMARTS) is 1. The molecule has 4 rings (SSSR count). The molecule has 2 atom stereocenters. The predicted molar refractivity (Wildman–Crippen MR) is 117 cm³/mol. The molecule has 3 aliphatic rings. The lowest BCUT2D eigenvalue weighted by Gasteiger charge is -2.31. The van der Waals surface area contributed by atoms with Gasteiger partial charge in [0.25, 0.3) is 0 Å². The summed E-state index contributed by atoms with van der Waals surface area (Å²) < 4.78 is 0. The molecule has 154 valence electrons. The average molecular weight is 422 g/mol. The molecule has 28 heavy (non-hydrogen) atoms. The van der Waals surface area contributed by atoms with Gasteiger partial charge in [-0.2, -0.15) is 0 Å². The first-order valence-electron chi connectivity index (χ1n) is 10.4. The highest BCUT2D eigenvalue weighted by molar-refractivity contribution is 8.03. The molecule has 1 aliphatic carbocycles. The van der Waals surface area contributed by atoms with E-state index in [0.717, 1.165) is 43.2 Å². The molecule has 0 amide bonds. The highest BCUT2D eigenvalue weighted by atomic mass is 32.2. The molecule has 1 aromatic rings. The van der Waals surface area contributed by atoms with Crippen molar-refractivity contribution in [3.63, 3.8) is 0 Å². The molecule has 1 fully saturated rings. The van der Waals surface area contributed by atoms with Crippen molar-refractivity contribution >= 4 is 34.2 Å². The van der Waals surface area contributed by atoms with Crippen LogP contribution in [0.2, 0.25) is 0 Å². The van der Waals surface area contributed by atoms with E-state index in [1.54, 1.807) is 11.3 Å². The van der Waals surface area contributed by atoms with Crippen molar-refractivity contribution in [3.8, 4) is 0 Å². The van der Waals surface area contributed by atoms with E-state index in [0.29, 0.717) is 6.54 Å². The van der Waals surface area contributed by atoms with Crippen LogP contribution >= 0.6 is 23.1 Å². The Labute approximate surface area is 176 Å². The van der Waals surface area contributed by atoms with Crippen LogP contribution in [0.3, 0.4) is 0 Å². The van der Waals surface area contributed by atoms with Gasteiger partial charge in [0.2, 0.25) is 0 Å². The number of carbonyl (C=O) groups is 1. The van der Waals surface area contributed by atoms with Crippen molar-refractivity contribution in [2.24, 2.45) is 11.3 Å². The average Bonchev–Trinajstić information content (AvgIpc) is 3.23. The van der Waals surface area contributed by atoms with Crippen molar-refractivity contribution < 1.29 is 9.90 Å². The normalized spacial score (nSPS) is 27.2. The van der Waals surface area contributed by atoms with Gasteiger partial charge in [0.05, 0.1) is 16.9 Å². The van der Waals surface area contributed by atoms with Gasteiger partial charge in [0.1, 0.15) is 0 Å². The fourth-order valence-corrected chi connectivity index (χ4v) is 7.69. The molecule has 0 spiro atoms. The number of aromatic nitrogens is 1. The minimum absolute atomic E-state index is 0.0317. The van der Waals surface area contributed by atoms with Crippen molar-refractivity contribution in [1.82, 2.24) is 10.3 Å². The Bertz CT molecular complexity index is 781. The van der Waals surface area contributed by atoms with Crippen molar-refractivity contribution in [1.29, 1.82) is 0 Å². The van der Waals surface area contributed by atoms with Gasteiger partial charge >= 0.3 is 5.97 Å². The number of thiazole rings is 1. The maximum Gasteiger partial charge on any atom is 0.312 e. The summed E-state index contributed by atoms with van der Waals surface area (Å²) in [5, 5.41) is 14.4. The van der Waals surface area contributed by atoms with Gasteiger partial charge in [-0.15, -0.1) is 23.1 Å². The van der Waals surface area contributed by atoms with E-state index in [1.165, 1.54) is 34.6 Å². The zero-order chi connectivity index (χ0) is 19.9. The third kappa shape index (κ3) is 3.85. The van der Waals surface area contributed by atoms with Crippen molar-refractivity contribution in [2.75, 3.05) is 25.0 Å². The Hall–Kier alpha value is -1.05. The Morgan fingerprint density at radius 2 is 2.07 bits per heavy atom. The number of hydrogen-bond donors (Lipinski definition) is 2. The molecule has 2 unspecified atom stereocenters. The third-order valence-electron chi connectivity index (χ3n) is 6.21. The van der Waals surface area contributed by atoms with E-state index in [1.807, 2.05) is 18.8 Å². The third-order valence-corrected chi connectivity index (χ3v) is 9.12. The number of allylic oxidation sites excluding steroid dienone is 1. The molecule has 7 heteroatoms.